The summed E-state index contributed by atoms with van der Waals surface area (Å²) in [6.07, 6.45) is 1.76. The molecule has 2 heterocycles. The molecule has 146 valence electrons. The van der Waals surface area contributed by atoms with E-state index in [-0.39, 0.29) is 24.0 Å². The third-order valence-electron chi connectivity index (χ3n) is 5.34. The molecule has 1 aromatic heterocycles. The third kappa shape index (κ3) is 3.78. The molecule has 0 radical (unpaired) electrons. The summed E-state index contributed by atoms with van der Waals surface area (Å²) in [6.45, 7) is 1.02. The zero-order valence-corrected chi connectivity index (χ0v) is 15.4. The predicted molar refractivity (Wildman–Crippen MR) is 104 cm³/mol. The van der Waals surface area contributed by atoms with Gasteiger partial charge in [-0.15, -0.1) is 0 Å². The second kappa shape index (κ2) is 7.72. The van der Waals surface area contributed by atoms with E-state index in [0.717, 1.165) is 40.6 Å². The van der Waals surface area contributed by atoms with Crippen molar-refractivity contribution in [1.82, 2.24) is 9.88 Å². The summed E-state index contributed by atoms with van der Waals surface area (Å²) in [7, 11) is 0. The number of carbonyl (C=O) groups excluding carboxylic acids is 1. The number of hydrogen-bond donors (Lipinski definition) is 2. The number of piperidine rings is 1. The molecule has 0 aliphatic carbocycles. The van der Waals surface area contributed by atoms with Crippen LogP contribution in [0.3, 0.4) is 0 Å². The number of benzene rings is 2. The minimum atomic E-state index is -0.463. The molecule has 28 heavy (non-hydrogen) atoms. The first kappa shape index (κ1) is 18.6. The largest absolute Gasteiger partial charge is 0.391 e. The Hall–Kier alpha value is -2.73. The van der Waals surface area contributed by atoms with E-state index < -0.39 is 6.10 Å². The van der Waals surface area contributed by atoms with Crippen LogP contribution in [0.2, 0.25) is 0 Å². The molecule has 4 rings (SSSR count). The number of likely N-dealkylation sites (tertiary alicyclic amines) is 1. The number of hydrogen-bond acceptors (Lipinski definition) is 2. The number of nitrogens with one attached hydrogen (secondary N) is 1. The Morgan fingerprint density at radius 1 is 1.14 bits per heavy atom. The van der Waals surface area contributed by atoms with Gasteiger partial charge in [0.25, 0.3) is 0 Å². The van der Waals surface area contributed by atoms with Crippen molar-refractivity contribution in [2.75, 3.05) is 13.1 Å². The van der Waals surface area contributed by atoms with Crippen LogP contribution in [0.15, 0.2) is 42.5 Å². The Morgan fingerprint density at radius 2 is 1.89 bits per heavy atom. The summed E-state index contributed by atoms with van der Waals surface area (Å²) in [5.74, 6) is -0.690. The third-order valence-corrected chi connectivity index (χ3v) is 5.34. The van der Waals surface area contributed by atoms with Gasteiger partial charge >= 0.3 is 0 Å². The first-order valence-corrected chi connectivity index (χ1v) is 9.53. The smallest absolute Gasteiger partial charge is 0.222 e. The van der Waals surface area contributed by atoms with Crippen molar-refractivity contribution < 1.29 is 18.7 Å². The van der Waals surface area contributed by atoms with Crippen LogP contribution in [0.1, 0.15) is 24.8 Å². The fourth-order valence-electron chi connectivity index (χ4n) is 3.91. The van der Waals surface area contributed by atoms with E-state index in [4.69, 9.17) is 0 Å². The Morgan fingerprint density at radius 3 is 2.64 bits per heavy atom. The molecule has 1 saturated heterocycles. The molecule has 1 amide bonds. The molecule has 1 atom stereocenters. The maximum atomic E-state index is 13.8. The lowest BCUT2D eigenvalue weighted by Crippen LogP contribution is -2.42. The molecule has 1 unspecified atom stereocenters. The molecule has 0 saturated carbocycles. The molecular weight excluding hydrogens is 362 g/mol. The lowest BCUT2D eigenvalue weighted by Gasteiger charge is -2.30. The standard InChI is InChI=1S/C22H22F2N2O2/c23-15-5-3-14(4-6-15)22-18(19-12-16(24)7-9-20(19)25-22)8-10-21(28)26-11-1-2-17(27)13-26/h3-7,9,12,17,25,27H,1-2,8,10-11,13H2. The highest BCUT2D eigenvalue weighted by atomic mass is 19.1. The van der Waals surface area contributed by atoms with Gasteiger partial charge in [-0.3, -0.25) is 4.79 Å². The van der Waals surface area contributed by atoms with Crippen LogP contribution in [-0.2, 0) is 11.2 Å². The van der Waals surface area contributed by atoms with E-state index in [1.807, 2.05) is 0 Å². The van der Waals surface area contributed by atoms with Gasteiger partial charge in [0.15, 0.2) is 0 Å². The van der Waals surface area contributed by atoms with Crippen molar-refractivity contribution in [3.63, 3.8) is 0 Å². The summed E-state index contributed by atoms with van der Waals surface area (Å²) in [4.78, 5) is 17.6. The van der Waals surface area contributed by atoms with Gasteiger partial charge in [0.2, 0.25) is 5.91 Å². The van der Waals surface area contributed by atoms with Gasteiger partial charge in [0, 0.05) is 36.1 Å². The quantitative estimate of drug-likeness (QED) is 0.714. The van der Waals surface area contributed by atoms with E-state index in [9.17, 15) is 18.7 Å². The number of carbonyl (C=O) groups is 1. The number of nitrogens with zero attached hydrogens (tertiary/aromatic N) is 1. The number of aliphatic hydroxyl groups excluding tert-OH is 1. The highest BCUT2D eigenvalue weighted by molar-refractivity contribution is 5.91. The number of amides is 1. The van der Waals surface area contributed by atoms with Gasteiger partial charge in [-0.25, -0.2) is 8.78 Å². The van der Waals surface area contributed by atoms with Crippen LogP contribution in [-0.4, -0.2) is 40.1 Å². The SMILES string of the molecule is O=C(CCc1c(-c2ccc(F)cc2)[nH]c2ccc(F)cc12)N1CCCC(O)C1. The number of rotatable bonds is 4. The van der Waals surface area contributed by atoms with Gasteiger partial charge in [-0.05, 0) is 72.9 Å². The molecule has 3 aromatic rings. The first-order valence-electron chi connectivity index (χ1n) is 9.53. The van der Waals surface area contributed by atoms with Crippen LogP contribution in [0.4, 0.5) is 8.78 Å². The average Bonchev–Trinajstić information content (AvgIpc) is 3.04. The van der Waals surface area contributed by atoms with Crippen LogP contribution < -0.4 is 0 Å². The Labute approximate surface area is 161 Å². The van der Waals surface area contributed by atoms with E-state index >= 15 is 0 Å². The number of aliphatic hydroxyl groups is 1. The molecular formula is C22H22F2N2O2. The summed E-state index contributed by atoms with van der Waals surface area (Å²) < 4.78 is 27.2. The van der Waals surface area contributed by atoms with E-state index in [0.29, 0.717) is 19.5 Å². The summed E-state index contributed by atoms with van der Waals surface area (Å²) in [5, 5.41) is 10.5. The number of halogens is 2. The number of aromatic nitrogens is 1. The maximum absolute atomic E-state index is 13.8. The summed E-state index contributed by atoms with van der Waals surface area (Å²) >= 11 is 0. The molecule has 0 spiro atoms. The van der Waals surface area contributed by atoms with Crippen LogP contribution in [0.5, 0.6) is 0 Å². The Kier molecular flexibility index (Phi) is 5.13. The highest BCUT2D eigenvalue weighted by Crippen LogP contribution is 2.32. The molecule has 4 nitrogen and oxygen atoms in total. The average molecular weight is 384 g/mol. The van der Waals surface area contributed by atoms with Gasteiger partial charge in [0.1, 0.15) is 11.6 Å². The molecule has 0 bridgehead atoms. The van der Waals surface area contributed by atoms with E-state index in [1.54, 1.807) is 23.1 Å². The van der Waals surface area contributed by atoms with Gasteiger partial charge < -0.3 is 15.0 Å². The van der Waals surface area contributed by atoms with Crippen LogP contribution >= 0.6 is 0 Å². The van der Waals surface area contributed by atoms with Crippen molar-refractivity contribution in [2.45, 2.75) is 31.8 Å². The van der Waals surface area contributed by atoms with Crippen molar-refractivity contribution in [3.8, 4) is 11.3 Å². The normalized spacial score (nSPS) is 17.2. The molecule has 6 heteroatoms. The van der Waals surface area contributed by atoms with E-state index in [1.165, 1.54) is 24.3 Å². The summed E-state index contributed by atoms with van der Waals surface area (Å²) in [6, 6.07) is 10.6. The minimum absolute atomic E-state index is 0.0189. The molecule has 1 aliphatic rings. The first-order chi connectivity index (χ1) is 13.5. The van der Waals surface area contributed by atoms with Crippen LogP contribution in [0, 0.1) is 11.6 Å². The monoisotopic (exact) mass is 384 g/mol. The van der Waals surface area contributed by atoms with E-state index in [2.05, 4.69) is 4.98 Å². The fraction of sp³-hybridized carbons (Fsp3) is 0.318. The minimum Gasteiger partial charge on any atom is -0.391 e. The van der Waals surface area contributed by atoms with Gasteiger partial charge in [-0.2, -0.15) is 0 Å². The lowest BCUT2D eigenvalue weighted by molar-refractivity contribution is -0.134. The number of H-pyrrole nitrogens is 1. The van der Waals surface area contributed by atoms with Gasteiger partial charge in [0.05, 0.1) is 6.10 Å². The Balaban J connectivity index is 1.64. The number of fused-ring (bicyclic) bond motifs is 1. The zero-order chi connectivity index (χ0) is 19.7. The number of aryl methyl sites for hydroxylation is 1. The van der Waals surface area contributed by atoms with Crippen LogP contribution in [0.25, 0.3) is 22.2 Å². The van der Waals surface area contributed by atoms with Gasteiger partial charge in [-0.1, -0.05) is 0 Å². The molecule has 2 N–H and O–H groups in total. The Bertz CT molecular complexity index is 998. The van der Waals surface area contributed by atoms with Crippen molar-refractivity contribution in [1.29, 1.82) is 0 Å². The topological polar surface area (TPSA) is 56.3 Å². The maximum Gasteiger partial charge on any atom is 0.222 e. The molecule has 2 aromatic carbocycles. The highest BCUT2D eigenvalue weighted by Gasteiger charge is 2.23. The molecule has 1 aliphatic heterocycles. The summed E-state index contributed by atoms with van der Waals surface area (Å²) in [5.41, 5.74) is 3.17. The van der Waals surface area contributed by atoms with Crippen molar-refractivity contribution in [3.05, 3.63) is 59.7 Å². The second-order valence-corrected chi connectivity index (χ2v) is 7.31. The predicted octanol–water partition coefficient (Wildman–Crippen LogP) is 4.03. The molecule has 1 fully saturated rings. The van der Waals surface area contributed by atoms with Crippen molar-refractivity contribution >= 4 is 16.8 Å². The number of β-amino-alcohol motifs (C(OH)–C–C–N with tert-alkyl or cyclic N) is 1. The van der Waals surface area contributed by atoms with Crippen molar-refractivity contribution in [2.24, 2.45) is 0 Å². The second-order valence-electron chi connectivity index (χ2n) is 7.31. The fourth-order valence-corrected chi connectivity index (χ4v) is 3.91. The number of aromatic amines is 1. The lowest BCUT2D eigenvalue weighted by atomic mass is 10.00. The zero-order valence-electron chi connectivity index (χ0n) is 15.4.